The van der Waals surface area contributed by atoms with Crippen LogP contribution in [0.15, 0.2) is 24.3 Å². The van der Waals surface area contributed by atoms with E-state index in [9.17, 15) is 4.79 Å². The second-order valence-corrected chi connectivity index (χ2v) is 5.79. The topological polar surface area (TPSA) is 55.1 Å². The second kappa shape index (κ2) is 6.20. The number of carbonyl (C=O) groups excluding carboxylic acids is 1. The van der Waals surface area contributed by atoms with Crippen LogP contribution in [0.1, 0.15) is 51.0 Å². The van der Waals surface area contributed by atoms with Gasteiger partial charge in [0.05, 0.1) is 5.92 Å². The lowest BCUT2D eigenvalue weighted by molar-refractivity contribution is -0.121. The van der Waals surface area contributed by atoms with E-state index in [-0.39, 0.29) is 17.9 Å². The van der Waals surface area contributed by atoms with Gasteiger partial charge in [-0.2, -0.15) is 0 Å². The highest BCUT2D eigenvalue weighted by atomic mass is 16.1. The van der Waals surface area contributed by atoms with E-state index in [2.05, 4.69) is 25.2 Å². The summed E-state index contributed by atoms with van der Waals surface area (Å²) < 4.78 is 0. The van der Waals surface area contributed by atoms with Crippen LogP contribution in [0.3, 0.4) is 0 Å². The Kier molecular flexibility index (Phi) is 4.59. The van der Waals surface area contributed by atoms with E-state index in [4.69, 9.17) is 5.73 Å². The molecule has 0 spiro atoms. The Morgan fingerprint density at radius 3 is 2.63 bits per heavy atom. The molecule has 0 radical (unpaired) electrons. The summed E-state index contributed by atoms with van der Waals surface area (Å²) in [6.45, 7) is 4.27. The number of hydrogen-bond donors (Lipinski definition) is 2. The van der Waals surface area contributed by atoms with Crippen molar-refractivity contribution in [2.75, 3.05) is 5.32 Å². The number of nitrogens with one attached hydrogen (secondary N) is 1. The smallest absolute Gasteiger partial charge is 0.229 e. The molecule has 3 heteroatoms. The molecule has 1 aromatic carbocycles. The van der Waals surface area contributed by atoms with Gasteiger partial charge in [0.15, 0.2) is 0 Å². The van der Waals surface area contributed by atoms with Crippen LogP contribution in [0.25, 0.3) is 0 Å². The van der Waals surface area contributed by atoms with E-state index in [1.54, 1.807) is 0 Å². The van der Waals surface area contributed by atoms with Crippen molar-refractivity contribution in [1.29, 1.82) is 0 Å². The van der Waals surface area contributed by atoms with Crippen LogP contribution in [0.4, 0.5) is 5.69 Å². The summed E-state index contributed by atoms with van der Waals surface area (Å²) in [4.78, 5) is 12.4. The molecule has 0 heterocycles. The minimum atomic E-state index is -0.0334. The Balaban J connectivity index is 2.10. The monoisotopic (exact) mass is 260 g/mol. The highest BCUT2D eigenvalue weighted by Crippen LogP contribution is 2.27. The fourth-order valence-electron chi connectivity index (χ4n) is 2.82. The van der Waals surface area contributed by atoms with Crippen LogP contribution < -0.4 is 11.1 Å². The third-order valence-electron chi connectivity index (χ3n) is 4.00. The van der Waals surface area contributed by atoms with Crippen molar-refractivity contribution in [3.63, 3.8) is 0 Å². The van der Waals surface area contributed by atoms with Crippen molar-refractivity contribution in [1.82, 2.24) is 0 Å². The first-order valence-electron chi connectivity index (χ1n) is 7.25. The number of para-hydroxylation sites is 1. The Bertz CT molecular complexity index is 442. The summed E-state index contributed by atoms with van der Waals surface area (Å²) in [7, 11) is 0. The zero-order chi connectivity index (χ0) is 13.8. The molecule has 1 amide bonds. The predicted molar refractivity (Wildman–Crippen MR) is 79.1 cm³/mol. The molecular weight excluding hydrogens is 236 g/mol. The molecule has 1 saturated carbocycles. The lowest BCUT2D eigenvalue weighted by atomic mass is 9.84. The van der Waals surface area contributed by atoms with Crippen LogP contribution in [0, 0.1) is 5.92 Å². The minimum Gasteiger partial charge on any atom is -0.327 e. The largest absolute Gasteiger partial charge is 0.327 e. The second-order valence-electron chi connectivity index (χ2n) is 5.79. The van der Waals surface area contributed by atoms with E-state index >= 15 is 0 Å². The first kappa shape index (κ1) is 14.1. The molecule has 1 fully saturated rings. The third-order valence-corrected chi connectivity index (χ3v) is 4.00. The zero-order valence-corrected chi connectivity index (χ0v) is 11.9. The molecule has 19 heavy (non-hydrogen) atoms. The molecule has 0 saturated heterocycles. The molecule has 1 aliphatic rings. The summed E-state index contributed by atoms with van der Waals surface area (Å²) in [5.74, 6) is 0.450. The maximum Gasteiger partial charge on any atom is 0.229 e. The van der Waals surface area contributed by atoms with E-state index in [1.165, 1.54) is 5.56 Å². The molecule has 3 nitrogen and oxygen atoms in total. The fourth-order valence-corrected chi connectivity index (χ4v) is 2.82. The molecule has 1 aliphatic carbocycles. The fraction of sp³-hybridized carbons (Fsp3) is 0.562. The normalized spacial score (nSPS) is 23.4. The van der Waals surface area contributed by atoms with Crippen LogP contribution in [0.2, 0.25) is 0 Å². The van der Waals surface area contributed by atoms with Gasteiger partial charge in [-0.05, 0) is 30.4 Å². The van der Waals surface area contributed by atoms with Crippen LogP contribution >= 0.6 is 0 Å². The molecule has 2 unspecified atom stereocenters. The number of benzene rings is 1. The Hall–Kier alpha value is -1.35. The van der Waals surface area contributed by atoms with Crippen molar-refractivity contribution in [2.24, 2.45) is 11.7 Å². The molecule has 2 atom stereocenters. The molecule has 2 rings (SSSR count). The van der Waals surface area contributed by atoms with E-state index in [0.29, 0.717) is 5.92 Å². The van der Waals surface area contributed by atoms with Gasteiger partial charge in [0.1, 0.15) is 0 Å². The zero-order valence-electron chi connectivity index (χ0n) is 11.9. The molecule has 0 aromatic heterocycles. The summed E-state index contributed by atoms with van der Waals surface area (Å²) >= 11 is 0. The van der Waals surface area contributed by atoms with Crippen molar-refractivity contribution < 1.29 is 4.79 Å². The number of rotatable bonds is 3. The van der Waals surface area contributed by atoms with Gasteiger partial charge in [-0.3, -0.25) is 4.79 Å². The lowest BCUT2D eigenvalue weighted by Gasteiger charge is -2.28. The Morgan fingerprint density at radius 2 is 1.95 bits per heavy atom. The first-order chi connectivity index (χ1) is 9.09. The summed E-state index contributed by atoms with van der Waals surface area (Å²) in [6.07, 6.45) is 4.13. The number of nitrogens with two attached hydrogens (primary N) is 1. The highest BCUT2D eigenvalue weighted by Gasteiger charge is 2.28. The minimum absolute atomic E-state index is 0.0139. The van der Waals surface area contributed by atoms with Gasteiger partial charge >= 0.3 is 0 Å². The van der Waals surface area contributed by atoms with Crippen LogP contribution in [-0.2, 0) is 4.79 Å². The standard InChI is InChI=1S/C16H24N2O/c1-11(2)12-7-4-6-10-15(12)18-16(19)13-8-3-5-9-14(13)17/h4,6-7,10-11,13-14H,3,5,8-9,17H2,1-2H3,(H,18,19). The van der Waals surface area contributed by atoms with Crippen molar-refractivity contribution in [2.45, 2.75) is 51.5 Å². The summed E-state index contributed by atoms with van der Waals surface area (Å²) in [6, 6.07) is 8.03. The predicted octanol–water partition coefficient (Wildman–Crippen LogP) is 3.27. The number of hydrogen-bond acceptors (Lipinski definition) is 2. The number of anilines is 1. The summed E-state index contributed by atoms with van der Waals surface area (Å²) in [5, 5.41) is 3.07. The molecular formula is C16H24N2O. The Morgan fingerprint density at radius 1 is 1.26 bits per heavy atom. The molecule has 0 aliphatic heterocycles. The average Bonchev–Trinajstić information content (AvgIpc) is 2.39. The van der Waals surface area contributed by atoms with Gasteiger partial charge in [-0.1, -0.05) is 44.9 Å². The molecule has 104 valence electrons. The number of carbonyl (C=O) groups is 1. The van der Waals surface area contributed by atoms with Crippen molar-refractivity contribution in [3.8, 4) is 0 Å². The SMILES string of the molecule is CC(C)c1ccccc1NC(=O)C1CCCCC1N. The van der Waals surface area contributed by atoms with Gasteiger partial charge in [0, 0.05) is 11.7 Å². The maximum atomic E-state index is 12.4. The van der Waals surface area contributed by atoms with Crippen LogP contribution in [0.5, 0.6) is 0 Å². The van der Waals surface area contributed by atoms with E-state index in [0.717, 1.165) is 31.4 Å². The van der Waals surface area contributed by atoms with Gasteiger partial charge in [0.2, 0.25) is 5.91 Å². The lowest BCUT2D eigenvalue weighted by Crippen LogP contribution is -2.40. The van der Waals surface area contributed by atoms with E-state index < -0.39 is 0 Å². The van der Waals surface area contributed by atoms with Crippen LogP contribution in [-0.4, -0.2) is 11.9 Å². The van der Waals surface area contributed by atoms with Gasteiger partial charge < -0.3 is 11.1 Å². The van der Waals surface area contributed by atoms with Gasteiger partial charge in [-0.15, -0.1) is 0 Å². The molecule has 0 bridgehead atoms. The molecule has 3 N–H and O–H groups in total. The van der Waals surface area contributed by atoms with Crippen molar-refractivity contribution in [3.05, 3.63) is 29.8 Å². The average molecular weight is 260 g/mol. The highest BCUT2D eigenvalue weighted by molar-refractivity contribution is 5.93. The van der Waals surface area contributed by atoms with Crippen molar-refractivity contribution >= 4 is 11.6 Å². The van der Waals surface area contributed by atoms with Gasteiger partial charge in [-0.25, -0.2) is 0 Å². The molecule has 1 aromatic rings. The number of amides is 1. The summed E-state index contributed by atoms with van der Waals surface area (Å²) in [5.41, 5.74) is 8.18. The first-order valence-corrected chi connectivity index (χ1v) is 7.25. The Labute approximate surface area is 115 Å². The quantitative estimate of drug-likeness (QED) is 0.876. The maximum absolute atomic E-state index is 12.4. The van der Waals surface area contributed by atoms with Gasteiger partial charge in [0.25, 0.3) is 0 Å². The van der Waals surface area contributed by atoms with E-state index in [1.807, 2.05) is 18.2 Å². The third kappa shape index (κ3) is 3.35.